The van der Waals surface area contributed by atoms with Crippen molar-refractivity contribution in [3.05, 3.63) is 39.9 Å². The summed E-state index contributed by atoms with van der Waals surface area (Å²) in [6, 6.07) is 5.35. The molecule has 2 N–H and O–H groups in total. The van der Waals surface area contributed by atoms with Gasteiger partial charge in [0.25, 0.3) is 5.69 Å². The molecule has 1 aromatic carbocycles. The van der Waals surface area contributed by atoms with Gasteiger partial charge in [0.2, 0.25) is 0 Å². The molecule has 1 aromatic rings. The summed E-state index contributed by atoms with van der Waals surface area (Å²) >= 11 is 0. The summed E-state index contributed by atoms with van der Waals surface area (Å²) in [7, 11) is 0. The van der Waals surface area contributed by atoms with Gasteiger partial charge in [-0.15, -0.1) is 0 Å². The summed E-state index contributed by atoms with van der Waals surface area (Å²) in [6.45, 7) is 1.95. The SMILES string of the molecule is CCN(Cc1ccc([N+](=O)[O-])cc1)C(=O)NCC(=O)O. The van der Waals surface area contributed by atoms with Crippen LogP contribution in [0.5, 0.6) is 0 Å². The number of nitro benzene ring substituents is 1. The van der Waals surface area contributed by atoms with Crippen LogP contribution in [0.1, 0.15) is 12.5 Å². The van der Waals surface area contributed by atoms with Crippen LogP contribution in [0.15, 0.2) is 24.3 Å². The molecule has 0 radical (unpaired) electrons. The number of aliphatic carboxylic acids is 1. The fourth-order valence-corrected chi connectivity index (χ4v) is 1.53. The van der Waals surface area contributed by atoms with Gasteiger partial charge in [-0.3, -0.25) is 14.9 Å². The van der Waals surface area contributed by atoms with E-state index in [0.29, 0.717) is 6.54 Å². The lowest BCUT2D eigenvalue weighted by Crippen LogP contribution is -2.41. The quantitative estimate of drug-likeness (QED) is 0.601. The number of hydrogen-bond acceptors (Lipinski definition) is 4. The second-order valence-corrected chi connectivity index (χ2v) is 3.99. The number of hydrogen-bond donors (Lipinski definition) is 2. The third-order valence-electron chi connectivity index (χ3n) is 2.58. The van der Waals surface area contributed by atoms with Crippen LogP contribution in [0.2, 0.25) is 0 Å². The Kier molecular flexibility index (Phi) is 5.45. The Balaban J connectivity index is 2.65. The van der Waals surface area contributed by atoms with Gasteiger partial charge in [0.05, 0.1) is 4.92 Å². The van der Waals surface area contributed by atoms with E-state index in [1.165, 1.54) is 17.0 Å². The van der Waals surface area contributed by atoms with Crippen molar-refractivity contribution in [1.82, 2.24) is 10.2 Å². The van der Waals surface area contributed by atoms with Gasteiger partial charge < -0.3 is 15.3 Å². The van der Waals surface area contributed by atoms with Crippen molar-refractivity contribution in [3.8, 4) is 0 Å². The van der Waals surface area contributed by atoms with Gasteiger partial charge in [-0.05, 0) is 12.5 Å². The number of nitrogens with zero attached hydrogens (tertiary/aromatic N) is 2. The number of non-ortho nitro benzene ring substituents is 1. The molecule has 0 atom stereocenters. The van der Waals surface area contributed by atoms with Crippen LogP contribution in [0.3, 0.4) is 0 Å². The summed E-state index contributed by atoms with van der Waals surface area (Å²) in [5.74, 6) is -1.12. The van der Waals surface area contributed by atoms with Crippen molar-refractivity contribution in [3.63, 3.8) is 0 Å². The van der Waals surface area contributed by atoms with Crippen LogP contribution in [-0.4, -0.2) is 40.0 Å². The van der Waals surface area contributed by atoms with E-state index in [-0.39, 0.29) is 12.2 Å². The fourth-order valence-electron chi connectivity index (χ4n) is 1.53. The summed E-state index contributed by atoms with van der Waals surface area (Å²) in [5, 5.41) is 21.3. The average molecular weight is 281 g/mol. The lowest BCUT2D eigenvalue weighted by molar-refractivity contribution is -0.384. The molecule has 8 heteroatoms. The van der Waals surface area contributed by atoms with E-state index in [2.05, 4.69) is 5.32 Å². The molecule has 0 saturated carbocycles. The van der Waals surface area contributed by atoms with Gasteiger partial charge in [0, 0.05) is 25.2 Å². The maximum absolute atomic E-state index is 11.7. The highest BCUT2D eigenvalue weighted by Crippen LogP contribution is 2.13. The van der Waals surface area contributed by atoms with Crippen LogP contribution >= 0.6 is 0 Å². The molecule has 0 aliphatic heterocycles. The molecule has 0 saturated heterocycles. The molecule has 0 fully saturated rings. The third-order valence-corrected chi connectivity index (χ3v) is 2.58. The Morgan fingerprint density at radius 1 is 1.35 bits per heavy atom. The number of nitrogens with one attached hydrogen (secondary N) is 1. The zero-order valence-electron chi connectivity index (χ0n) is 10.9. The van der Waals surface area contributed by atoms with E-state index in [4.69, 9.17) is 5.11 Å². The molecule has 0 unspecified atom stereocenters. The number of rotatable bonds is 6. The molecule has 0 aliphatic rings. The molecule has 20 heavy (non-hydrogen) atoms. The highest BCUT2D eigenvalue weighted by molar-refractivity contribution is 5.79. The van der Waals surface area contributed by atoms with Crippen molar-refractivity contribution in [2.75, 3.05) is 13.1 Å². The first-order valence-electron chi connectivity index (χ1n) is 5.92. The van der Waals surface area contributed by atoms with Gasteiger partial charge in [-0.2, -0.15) is 0 Å². The Bertz CT molecular complexity index is 500. The number of carboxylic acid groups (broad SMARTS) is 1. The number of amides is 2. The topological polar surface area (TPSA) is 113 Å². The predicted molar refractivity (Wildman–Crippen MR) is 70.2 cm³/mol. The van der Waals surface area contributed by atoms with Crippen LogP contribution in [0.4, 0.5) is 10.5 Å². The van der Waals surface area contributed by atoms with Crippen molar-refractivity contribution >= 4 is 17.7 Å². The smallest absolute Gasteiger partial charge is 0.323 e. The maximum Gasteiger partial charge on any atom is 0.323 e. The van der Waals surface area contributed by atoms with Crippen molar-refractivity contribution in [2.45, 2.75) is 13.5 Å². The minimum Gasteiger partial charge on any atom is -0.480 e. The Morgan fingerprint density at radius 3 is 2.40 bits per heavy atom. The first-order valence-corrected chi connectivity index (χ1v) is 5.92. The highest BCUT2D eigenvalue weighted by Gasteiger charge is 2.13. The van der Waals surface area contributed by atoms with Gasteiger partial charge in [0.1, 0.15) is 6.54 Å². The normalized spacial score (nSPS) is 9.85. The summed E-state index contributed by atoms with van der Waals surface area (Å²) in [6.07, 6.45) is 0. The summed E-state index contributed by atoms with van der Waals surface area (Å²) in [4.78, 5) is 33.5. The monoisotopic (exact) mass is 281 g/mol. The fraction of sp³-hybridized carbons (Fsp3) is 0.333. The molecule has 0 aliphatic carbocycles. The van der Waals surface area contributed by atoms with Gasteiger partial charge in [-0.1, -0.05) is 12.1 Å². The summed E-state index contributed by atoms with van der Waals surface area (Å²) in [5.41, 5.74) is 0.704. The third kappa shape index (κ3) is 4.56. The largest absolute Gasteiger partial charge is 0.480 e. The summed E-state index contributed by atoms with van der Waals surface area (Å²) < 4.78 is 0. The Morgan fingerprint density at radius 2 is 1.95 bits per heavy atom. The lowest BCUT2D eigenvalue weighted by Gasteiger charge is -2.20. The second-order valence-electron chi connectivity index (χ2n) is 3.99. The number of carboxylic acids is 1. The Labute approximate surface area is 115 Å². The molecule has 0 aromatic heterocycles. The van der Waals surface area contributed by atoms with E-state index >= 15 is 0 Å². The minimum atomic E-state index is -1.12. The first kappa shape index (κ1) is 15.4. The van der Waals surface area contributed by atoms with E-state index in [1.807, 2.05) is 0 Å². The number of carbonyl (C=O) groups excluding carboxylic acids is 1. The molecule has 2 amide bonds. The van der Waals surface area contributed by atoms with Crippen LogP contribution < -0.4 is 5.32 Å². The number of carbonyl (C=O) groups is 2. The Hall–Kier alpha value is -2.64. The molecule has 8 nitrogen and oxygen atoms in total. The highest BCUT2D eigenvalue weighted by atomic mass is 16.6. The maximum atomic E-state index is 11.7. The zero-order valence-corrected chi connectivity index (χ0v) is 10.9. The minimum absolute atomic E-state index is 0.0212. The molecular weight excluding hydrogens is 266 g/mol. The van der Waals surface area contributed by atoms with Crippen molar-refractivity contribution in [2.24, 2.45) is 0 Å². The van der Waals surface area contributed by atoms with Crippen LogP contribution in [-0.2, 0) is 11.3 Å². The average Bonchev–Trinajstić information content (AvgIpc) is 2.42. The van der Waals surface area contributed by atoms with Gasteiger partial charge >= 0.3 is 12.0 Å². The van der Waals surface area contributed by atoms with Crippen LogP contribution in [0, 0.1) is 10.1 Å². The van der Waals surface area contributed by atoms with E-state index in [0.717, 1.165) is 5.56 Å². The van der Waals surface area contributed by atoms with Gasteiger partial charge in [-0.25, -0.2) is 4.79 Å². The van der Waals surface area contributed by atoms with E-state index in [9.17, 15) is 19.7 Å². The van der Waals surface area contributed by atoms with Crippen molar-refractivity contribution in [1.29, 1.82) is 0 Å². The van der Waals surface area contributed by atoms with E-state index in [1.54, 1.807) is 19.1 Å². The molecular formula is C12H15N3O5. The molecule has 0 heterocycles. The number of nitro groups is 1. The lowest BCUT2D eigenvalue weighted by atomic mass is 10.2. The van der Waals surface area contributed by atoms with Gasteiger partial charge in [0.15, 0.2) is 0 Å². The first-order chi connectivity index (χ1) is 9.43. The number of urea groups is 1. The zero-order chi connectivity index (χ0) is 15.1. The molecule has 108 valence electrons. The van der Waals surface area contributed by atoms with E-state index < -0.39 is 23.5 Å². The molecule has 0 bridgehead atoms. The van der Waals surface area contributed by atoms with Crippen molar-refractivity contribution < 1.29 is 19.6 Å². The molecule has 0 spiro atoms. The predicted octanol–water partition coefficient (Wildman–Crippen LogP) is 1.21. The second kappa shape index (κ2) is 7.07. The van der Waals surface area contributed by atoms with Crippen LogP contribution in [0.25, 0.3) is 0 Å². The molecule has 1 rings (SSSR count). The standard InChI is InChI=1S/C12H15N3O5/c1-2-14(12(18)13-7-11(16)17)8-9-3-5-10(6-4-9)15(19)20/h3-6H,2,7-8H2,1H3,(H,13,18)(H,16,17). The number of benzene rings is 1.